The molecule has 1 N–H and O–H groups in total. The van der Waals surface area contributed by atoms with Gasteiger partial charge in [-0.3, -0.25) is 19.9 Å². The lowest BCUT2D eigenvalue weighted by molar-refractivity contribution is -0.128. The van der Waals surface area contributed by atoms with Gasteiger partial charge in [-0.15, -0.1) is 0 Å². The zero-order chi connectivity index (χ0) is 12.3. The minimum Gasteiger partial charge on any atom is -0.292 e. The van der Waals surface area contributed by atoms with E-state index in [0.29, 0.717) is 11.3 Å². The van der Waals surface area contributed by atoms with E-state index >= 15 is 0 Å². The molecule has 1 saturated heterocycles. The molecule has 1 aliphatic rings. The maximum Gasteiger partial charge on any atom is 0.259 e. The van der Waals surface area contributed by atoms with Crippen molar-refractivity contribution in [1.82, 2.24) is 5.32 Å². The molecule has 1 rings (SSSR count). The van der Waals surface area contributed by atoms with Crippen LogP contribution in [0.2, 0.25) is 0 Å². The zero-order valence-corrected chi connectivity index (χ0v) is 10.2. The maximum absolute atomic E-state index is 11.7. The average Bonchev–Trinajstić information content (AvgIpc) is 2.09. The first-order valence-corrected chi connectivity index (χ1v) is 5.53. The molecule has 88 valence electrons. The highest BCUT2D eigenvalue weighted by Crippen LogP contribution is 2.13. The van der Waals surface area contributed by atoms with Gasteiger partial charge in [0.2, 0.25) is 5.91 Å². The lowest BCUT2D eigenvalue weighted by Gasteiger charge is -2.18. The lowest BCUT2D eigenvalue weighted by Crippen LogP contribution is -2.41. The number of nitrogens with one attached hydrogen (secondary N) is 1. The van der Waals surface area contributed by atoms with Gasteiger partial charge in [0.05, 0.1) is 17.7 Å². The van der Waals surface area contributed by atoms with Crippen molar-refractivity contribution in [3.8, 4) is 0 Å². The van der Waals surface area contributed by atoms with Crippen molar-refractivity contribution in [2.45, 2.75) is 40.2 Å². The number of piperidine rings is 1. The highest BCUT2D eigenvalue weighted by molar-refractivity contribution is 6.32. The Morgan fingerprint density at radius 1 is 1.25 bits per heavy atom. The predicted molar refractivity (Wildman–Crippen MR) is 63.3 cm³/mol. The van der Waals surface area contributed by atoms with Gasteiger partial charge < -0.3 is 0 Å². The van der Waals surface area contributed by atoms with Crippen molar-refractivity contribution in [3.63, 3.8) is 0 Å². The van der Waals surface area contributed by atoms with Crippen molar-refractivity contribution in [1.29, 1.82) is 0 Å². The second-order valence-corrected chi connectivity index (χ2v) is 4.55. The standard InChI is InChI=1S/C12H18N2O2/c1-7(2)5-9-10(13-8(3)4)6-11(15)14-12(9)16/h5,7-8H,6H2,1-4H3,(H,14,15,16)/b9-5+,13-10?. The highest BCUT2D eigenvalue weighted by Gasteiger charge is 2.26. The van der Waals surface area contributed by atoms with E-state index in [1.807, 2.05) is 33.8 Å². The van der Waals surface area contributed by atoms with Crippen molar-refractivity contribution in [2.75, 3.05) is 0 Å². The Bertz CT molecular complexity index is 365. The van der Waals surface area contributed by atoms with E-state index in [-0.39, 0.29) is 30.2 Å². The molecule has 0 radical (unpaired) electrons. The van der Waals surface area contributed by atoms with Gasteiger partial charge in [-0.25, -0.2) is 0 Å². The van der Waals surface area contributed by atoms with E-state index < -0.39 is 0 Å². The fourth-order valence-electron chi connectivity index (χ4n) is 1.55. The van der Waals surface area contributed by atoms with Crippen LogP contribution in [0.5, 0.6) is 0 Å². The van der Waals surface area contributed by atoms with Crippen molar-refractivity contribution >= 4 is 17.5 Å². The Morgan fingerprint density at radius 2 is 1.88 bits per heavy atom. The molecule has 4 heteroatoms. The second kappa shape index (κ2) is 5.05. The van der Waals surface area contributed by atoms with E-state index in [1.165, 1.54) is 0 Å². The molecule has 0 aromatic rings. The molecule has 1 aliphatic heterocycles. The maximum atomic E-state index is 11.7. The summed E-state index contributed by atoms with van der Waals surface area (Å²) in [7, 11) is 0. The van der Waals surface area contributed by atoms with Crippen LogP contribution in [0.1, 0.15) is 34.1 Å². The summed E-state index contributed by atoms with van der Waals surface area (Å²) in [6.45, 7) is 7.83. The summed E-state index contributed by atoms with van der Waals surface area (Å²) in [6.07, 6.45) is 2.05. The molecule has 0 aliphatic carbocycles. The van der Waals surface area contributed by atoms with Crippen LogP contribution < -0.4 is 5.32 Å². The molecular weight excluding hydrogens is 204 g/mol. The Labute approximate surface area is 95.8 Å². The van der Waals surface area contributed by atoms with Gasteiger partial charge in [0.15, 0.2) is 0 Å². The summed E-state index contributed by atoms with van der Waals surface area (Å²) in [5.41, 5.74) is 1.15. The van der Waals surface area contributed by atoms with Crippen molar-refractivity contribution in [2.24, 2.45) is 10.9 Å². The smallest absolute Gasteiger partial charge is 0.259 e. The van der Waals surface area contributed by atoms with Gasteiger partial charge >= 0.3 is 0 Å². The van der Waals surface area contributed by atoms with Crippen LogP contribution in [-0.4, -0.2) is 23.6 Å². The van der Waals surface area contributed by atoms with Crippen LogP contribution in [0, 0.1) is 5.92 Å². The van der Waals surface area contributed by atoms with Crippen LogP contribution in [0.15, 0.2) is 16.6 Å². The molecule has 4 nitrogen and oxygen atoms in total. The largest absolute Gasteiger partial charge is 0.292 e. The summed E-state index contributed by atoms with van der Waals surface area (Å²) in [4.78, 5) is 27.2. The summed E-state index contributed by atoms with van der Waals surface area (Å²) >= 11 is 0. The molecule has 2 amide bonds. The molecule has 1 fully saturated rings. The normalized spacial score (nSPS) is 22.4. The average molecular weight is 222 g/mol. The number of carbonyl (C=O) groups excluding carboxylic acids is 2. The van der Waals surface area contributed by atoms with Crippen LogP contribution in [-0.2, 0) is 9.59 Å². The molecule has 0 saturated carbocycles. The lowest BCUT2D eigenvalue weighted by atomic mass is 9.98. The fourth-order valence-corrected chi connectivity index (χ4v) is 1.55. The summed E-state index contributed by atoms with van der Waals surface area (Å²) in [5.74, 6) is -0.346. The Balaban J connectivity index is 3.08. The first kappa shape index (κ1) is 12.6. The SMILES string of the molecule is CC(C)/C=C1/C(=O)NC(=O)CC1=NC(C)C. The van der Waals surface area contributed by atoms with Gasteiger partial charge in [-0.05, 0) is 19.8 Å². The van der Waals surface area contributed by atoms with Crippen LogP contribution >= 0.6 is 0 Å². The molecule has 0 bridgehead atoms. The summed E-state index contributed by atoms with van der Waals surface area (Å²) < 4.78 is 0. The minimum absolute atomic E-state index is 0.0873. The summed E-state index contributed by atoms with van der Waals surface area (Å²) in [5, 5.41) is 2.31. The number of allylic oxidation sites excluding steroid dienone is 1. The number of carbonyl (C=O) groups is 2. The monoisotopic (exact) mass is 222 g/mol. The molecule has 0 atom stereocenters. The van der Waals surface area contributed by atoms with Gasteiger partial charge in [0, 0.05) is 6.04 Å². The predicted octanol–water partition coefficient (Wildman–Crippen LogP) is 1.46. The van der Waals surface area contributed by atoms with E-state index in [0.717, 1.165) is 0 Å². The third-order valence-corrected chi connectivity index (χ3v) is 2.05. The first-order valence-electron chi connectivity index (χ1n) is 5.53. The van der Waals surface area contributed by atoms with Gasteiger partial charge in [-0.2, -0.15) is 0 Å². The van der Waals surface area contributed by atoms with Crippen molar-refractivity contribution < 1.29 is 9.59 Å². The number of amides is 2. The number of hydrogen-bond donors (Lipinski definition) is 1. The first-order chi connectivity index (χ1) is 7.40. The molecule has 0 aromatic heterocycles. The highest BCUT2D eigenvalue weighted by atomic mass is 16.2. The zero-order valence-electron chi connectivity index (χ0n) is 10.2. The van der Waals surface area contributed by atoms with Crippen LogP contribution in [0.4, 0.5) is 0 Å². The third-order valence-electron chi connectivity index (χ3n) is 2.05. The Hall–Kier alpha value is -1.45. The third kappa shape index (κ3) is 3.29. The topological polar surface area (TPSA) is 58.5 Å². The number of rotatable bonds is 2. The van der Waals surface area contributed by atoms with Gasteiger partial charge in [-0.1, -0.05) is 19.9 Å². The molecular formula is C12H18N2O2. The van der Waals surface area contributed by atoms with E-state index in [9.17, 15) is 9.59 Å². The van der Waals surface area contributed by atoms with E-state index in [2.05, 4.69) is 10.3 Å². The molecule has 0 spiro atoms. The van der Waals surface area contributed by atoms with Crippen LogP contribution in [0.3, 0.4) is 0 Å². The second-order valence-electron chi connectivity index (χ2n) is 4.55. The van der Waals surface area contributed by atoms with Crippen molar-refractivity contribution in [3.05, 3.63) is 11.6 Å². The number of aliphatic imine (C=N–C) groups is 1. The molecule has 1 heterocycles. The van der Waals surface area contributed by atoms with Gasteiger partial charge in [0.25, 0.3) is 5.91 Å². The quantitative estimate of drug-likeness (QED) is 0.568. The van der Waals surface area contributed by atoms with E-state index in [4.69, 9.17) is 0 Å². The molecule has 16 heavy (non-hydrogen) atoms. The Morgan fingerprint density at radius 3 is 2.38 bits per heavy atom. The molecule has 0 aromatic carbocycles. The summed E-state index contributed by atoms with van der Waals surface area (Å²) in [6, 6.07) is 0.0873. The number of hydrogen-bond acceptors (Lipinski definition) is 3. The Kier molecular flexibility index (Phi) is 3.99. The van der Waals surface area contributed by atoms with Crippen LogP contribution in [0.25, 0.3) is 0 Å². The van der Waals surface area contributed by atoms with Gasteiger partial charge in [0.1, 0.15) is 0 Å². The number of nitrogens with zero attached hydrogens (tertiary/aromatic N) is 1. The number of imide groups is 1. The van der Waals surface area contributed by atoms with E-state index in [1.54, 1.807) is 0 Å². The molecule has 0 unspecified atom stereocenters. The fraction of sp³-hybridized carbons (Fsp3) is 0.583. The minimum atomic E-state index is -0.329.